The molecule has 0 saturated heterocycles. The van der Waals surface area contributed by atoms with Crippen LogP contribution in [0.25, 0.3) is 0 Å². The van der Waals surface area contributed by atoms with E-state index < -0.39 is 0 Å². The number of ketones is 1. The lowest BCUT2D eigenvalue weighted by atomic mass is 9.92. The van der Waals surface area contributed by atoms with Gasteiger partial charge >= 0.3 is 0 Å². The van der Waals surface area contributed by atoms with Crippen molar-refractivity contribution >= 4 is 5.78 Å². The molecule has 0 aliphatic heterocycles. The molecule has 0 heterocycles. The number of carbonyl (C=O) groups excluding carboxylic acids is 1. The second kappa shape index (κ2) is 5.58. The third-order valence-corrected chi connectivity index (χ3v) is 3.68. The second-order valence-electron chi connectivity index (χ2n) is 5.44. The van der Waals surface area contributed by atoms with Crippen molar-refractivity contribution in [3.05, 3.63) is 69.5 Å². The minimum Gasteiger partial charge on any atom is -0.294 e. The van der Waals surface area contributed by atoms with Crippen LogP contribution in [0.1, 0.15) is 38.2 Å². The van der Waals surface area contributed by atoms with E-state index in [0.717, 1.165) is 22.3 Å². The molecular formula is C18H19FO. The Labute approximate surface area is 119 Å². The third-order valence-electron chi connectivity index (χ3n) is 3.68. The Kier molecular flexibility index (Phi) is 4.03. The molecule has 2 aromatic carbocycles. The summed E-state index contributed by atoms with van der Waals surface area (Å²) in [6.07, 6.45) is 0.322. The summed E-state index contributed by atoms with van der Waals surface area (Å²) < 4.78 is 13.3. The fourth-order valence-corrected chi connectivity index (χ4v) is 2.64. The summed E-state index contributed by atoms with van der Waals surface area (Å²) in [5.74, 6) is -0.395. The van der Waals surface area contributed by atoms with Gasteiger partial charge in [-0.25, -0.2) is 4.39 Å². The maximum absolute atomic E-state index is 13.3. The molecule has 0 atom stereocenters. The van der Waals surface area contributed by atoms with Crippen LogP contribution in [0.2, 0.25) is 0 Å². The highest BCUT2D eigenvalue weighted by molar-refractivity contribution is 5.99. The number of aryl methyl sites for hydroxylation is 4. The fourth-order valence-electron chi connectivity index (χ4n) is 2.64. The fraction of sp³-hybridized carbons (Fsp3) is 0.278. The minimum absolute atomic E-state index is 0.0305. The van der Waals surface area contributed by atoms with E-state index >= 15 is 0 Å². The lowest BCUT2D eigenvalue weighted by Gasteiger charge is -2.12. The topological polar surface area (TPSA) is 17.1 Å². The van der Waals surface area contributed by atoms with Gasteiger partial charge in [0.15, 0.2) is 5.78 Å². The van der Waals surface area contributed by atoms with Crippen molar-refractivity contribution in [3.63, 3.8) is 0 Å². The Morgan fingerprint density at radius 1 is 0.950 bits per heavy atom. The van der Waals surface area contributed by atoms with Crippen molar-refractivity contribution in [3.8, 4) is 0 Å². The average Bonchev–Trinajstić information content (AvgIpc) is 2.36. The average molecular weight is 270 g/mol. The zero-order valence-electron chi connectivity index (χ0n) is 12.4. The van der Waals surface area contributed by atoms with E-state index in [1.807, 2.05) is 27.7 Å². The molecule has 0 spiro atoms. The quantitative estimate of drug-likeness (QED) is 0.751. The molecule has 0 saturated carbocycles. The minimum atomic E-state index is -0.365. The van der Waals surface area contributed by atoms with E-state index in [1.54, 1.807) is 6.07 Å². The Bertz CT molecular complexity index is 648. The second-order valence-corrected chi connectivity index (χ2v) is 5.44. The summed E-state index contributed by atoms with van der Waals surface area (Å²) >= 11 is 0. The first kappa shape index (κ1) is 14.4. The molecule has 2 aromatic rings. The van der Waals surface area contributed by atoms with E-state index in [9.17, 15) is 9.18 Å². The normalized spacial score (nSPS) is 10.7. The van der Waals surface area contributed by atoms with Gasteiger partial charge in [0.2, 0.25) is 0 Å². The zero-order valence-corrected chi connectivity index (χ0v) is 12.4. The van der Waals surface area contributed by atoms with Gasteiger partial charge in [-0.05, 0) is 62.1 Å². The van der Waals surface area contributed by atoms with Crippen LogP contribution in [0.5, 0.6) is 0 Å². The van der Waals surface area contributed by atoms with Crippen LogP contribution >= 0.6 is 0 Å². The standard InChI is InChI=1S/C18H19FO/c1-11-7-13(3)16(14(4)8-11)10-18(20)17-9-15(19)6-5-12(17)2/h5-9H,10H2,1-4H3. The number of Topliss-reactive ketones (excluding diaryl/α,β-unsaturated/α-hetero) is 1. The SMILES string of the molecule is Cc1cc(C)c(CC(=O)c2cc(F)ccc2C)c(C)c1. The molecule has 0 bridgehead atoms. The van der Waals surface area contributed by atoms with Gasteiger partial charge in [-0.3, -0.25) is 4.79 Å². The number of hydrogen-bond acceptors (Lipinski definition) is 1. The molecule has 2 rings (SSSR count). The van der Waals surface area contributed by atoms with Gasteiger partial charge in [-0.15, -0.1) is 0 Å². The first-order valence-corrected chi connectivity index (χ1v) is 6.74. The van der Waals surface area contributed by atoms with Crippen LogP contribution in [-0.4, -0.2) is 5.78 Å². The first-order chi connectivity index (χ1) is 9.38. The predicted octanol–water partition coefficient (Wildman–Crippen LogP) is 4.48. The van der Waals surface area contributed by atoms with Gasteiger partial charge in [-0.2, -0.15) is 0 Å². The maximum atomic E-state index is 13.3. The highest BCUT2D eigenvalue weighted by Gasteiger charge is 2.14. The summed E-state index contributed by atoms with van der Waals surface area (Å²) in [6, 6.07) is 8.52. The number of benzene rings is 2. The molecule has 20 heavy (non-hydrogen) atoms. The zero-order chi connectivity index (χ0) is 14.9. The number of hydrogen-bond donors (Lipinski definition) is 0. The van der Waals surface area contributed by atoms with Crippen molar-refractivity contribution in [2.75, 3.05) is 0 Å². The van der Waals surface area contributed by atoms with Gasteiger partial charge in [-0.1, -0.05) is 23.8 Å². The summed E-state index contributed by atoms with van der Waals surface area (Å²) in [7, 11) is 0. The molecule has 2 heteroatoms. The van der Waals surface area contributed by atoms with Crippen LogP contribution in [0.15, 0.2) is 30.3 Å². The van der Waals surface area contributed by atoms with Gasteiger partial charge < -0.3 is 0 Å². The molecule has 0 N–H and O–H groups in total. The Hall–Kier alpha value is -1.96. The van der Waals surface area contributed by atoms with Gasteiger partial charge in [0, 0.05) is 12.0 Å². The number of halogens is 1. The van der Waals surface area contributed by atoms with Crippen LogP contribution in [0.3, 0.4) is 0 Å². The molecule has 104 valence electrons. The van der Waals surface area contributed by atoms with Crippen molar-refractivity contribution in [1.82, 2.24) is 0 Å². The maximum Gasteiger partial charge on any atom is 0.167 e. The molecule has 0 radical (unpaired) electrons. The summed E-state index contributed by atoms with van der Waals surface area (Å²) in [4.78, 5) is 12.4. The van der Waals surface area contributed by atoms with Crippen LogP contribution in [0, 0.1) is 33.5 Å². The molecular weight excluding hydrogens is 251 g/mol. The molecule has 0 fully saturated rings. The van der Waals surface area contributed by atoms with Crippen LogP contribution < -0.4 is 0 Å². The molecule has 0 aliphatic carbocycles. The predicted molar refractivity (Wildman–Crippen MR) is 79.8 cm³/mol. The van der Waals surface area contributed by atoms with Crippen LogP contribution in [0.4, 0.5) is 4.39 Å². The van der Waals surface area contributed by atoms with Gasteiger partial charge in [0.05, 0.1) is 0 Å². The lowest BCUT2D eigenvalue weighted by Crippen LogP contribution is -2.09. The molecule has 0 aliphatic rings. The summed E-state index contributed by atoms with van der Waals surface area (Å²) in [5, 5.41) is 0. The van der Waals surface area contributed by atoms with E-state index in [-0.39, 0.29) is 11.6 Å². The molecule has 0 aromatic heterocycles. The molecule has 0 unspecified atom stereocenters. The molecule has 0 amide bonds. The van der Waals surface area contributed by atoms with Gasteiger partial charge in [0.25, 0.3) is 0 Å². The van der Waals surface area contributed by atoms with E-state index in [4.69, 9.17) is 0 Å². The lowest BCUT2D eigenvalue weighted by molar-refractivity contribution is 0.0991. The van der Waals surface area contributed by atoms with Gasteiger partial charge in [0.1, 0.15) is 5.82 Å². The third kappa shape index (κ3) is 2.96. The molecule has 1 nitrogen and oxygen atoms in total. The smallest absolute Gasteiger partial charge is 0.167 e. The van der Waals surface area contributed by atoms with E-state index in [1.165, 1.54) is 17.7 Å². The Balaban J connectivity index is 2.35. The number of carbonyl (C=O) groups is 1. The number of rotatable bonds is 3. The van der Waals surface area contributed by atoms with Crippen molar-refractivity contribution < 1.29 is 9.18 Å². The van der Waals surface area contributed by atoms with E-state index in [0.29, 0.717) is 12.0 Å². The summed E-state index contributed by atoms with van der Waals surface area (Å²) in [6.45, 7) is 7.91. The van der Waals surface area contributed by atoms with Crippen molar-refractivity contribution in [1.29, 1.82) is 0 Å². The largest absolute Gasteiger partial charge is 0.294 e. The van der Waals surface area contributed by atoms with Crippen LogP contribution in [-0.2, 0) is 6.42 Å². The first-order valence-electron chi connectivity index (χ1n) is 6.74. The highest BCUT2D eigenvalue weighted by atomic mass is 19.1. The Morgan fingerprint density at radius 3 is 2.15 bits per heavy atom. The van der Waals surface area contributed by atoms with Crippen molar-refractivity contribution in [2.24, 2.45) is 0 Å². The monoisotopic (exact) mass is 270 g/mol. The Morgan fingerprint density at radius 2 is 1.55 bits per heavy atom. The highest BCUT2D eigenvalue weighted by Crippen LogP contribution is 2.20. The van der Waals surface area contributed by atoms with Crippen molar-refractivity contribution in [2.45, 2.75) is 34.1 Å². The summed E-state index contributed by atoms with van der Waals surface area (Å²) in [5.41, 5.74) is 5.76. The van der Waals surface area contributed by atoms with E-state index in [2.05, 4.69) is 12.1 Å².